The molecule has 1 N–H and O–H groups in total. The molecule has 0 aromatic carbocycles. The van der Waals surface area contributed by atoms with E-state index in [9.17, 15) is 0 Å². The van der Waals surface area contributed by atoms with Gasteiger partial charge in [-0.15, -0.1) is 11.6 Å². The molecule has 0 aromatic heterocycles. The van der Waals surface area contributed by atoms with Gasteiger partial charge in [-0.3, -0.25) is 0 Å². The Morgan fingerprint density at radius 1 is 1.00 bits per heavy atom. The van der Waals surface area contributed by atoms with Gasteiger partial charge in [0.2, 0.25) is 0 Å². The van der Waals surface area contributed by atoms with Crippen LogP contribution in [0, 0.1) is 0 Å². The maximum atomic E-state index is 5.89. The van der Waals surface area contributed by atoms with Gasteiger partial charge in [0, 0.05) is 11.4 Å². The van der Waals surface area contributed by atoms with Gasteiger partial charge in [0.25, 0.3) is 0 Å². The van der Waals surface area contributed by atoms with Gasteiger partial charge in [-0.2, -0.15) is 0 Å². The highest BCUT2D eigenvalue weighted by molar-refractivity contribution is 6.18. The largest absolute Gasteiger partial charge is 0.310 e. The number of unbranched alkanes of at least 4 members (excludes halogenated alkanes) is 6. The molecule has 0 saturated heterocycles. The smallest absolute Gasteiger partial charge is 0.0406 e. The molecular weight excluding hydrogens is 206 g/mol. The first-order valence-electron chi connectivity index (χ1n) is 6.64. The summed E-state index contributed by atoms with van der Waals surface area (Å²) in [6.07, 6.45) is 12.3. The third-order valence-corrected chi connectivity index (χ3v) is 3.90. The number of alkyl halides is 1. The second kappa shape index (κ2) is 7.51. The molecule has 0 amide bonds. The predicted octanol–water partition coefficient (Wildman–Crippen LogP) is 4.10. The van der Waals surface area contributed by atoms with Crippen LogP contribution in [0.1, 0.15) is 64.7 Å². The summed E-state index contributed by atoms with van der Waals surface area (Å²) < 4.78 is 0. The van der Waals surface area contributed by atoms with Gasteiger partial charge in [0.1, 0.15) is 0 Å². The molecule has 2 heteroatoms. The van der Waals surface area contributed by atoms with Gasteiger partial charge in [-0.05, 0) is 25.8 Å². The van der Waals surface area contributed by atoms with Crippen molar-refractivity contribution in [3.8, 4) is 0 Å². The van der Waals surface area contributed by atoms with Crippen LogP contribution >= 0.6 is 11.6 Å². The Kier molecular flexibility index (Phi) is 6.67. The Labute approximate surface area is 100.0 Å². The normalized spacial score (nSPS) is 18.0. The van der Waals surface area contributed by atoms with Crippen LogP contribution in [-0.4, -0.2) is 18.0 Å². The molecule has 0 bridgehead atoms. The van der Waals surface area contributed by atoms with Crippen molar-refractivity contribution in [2.24, 2.45) is 0 Å². The van der Waals surface area contributed by atoms with E-state index in [2.05, 4.69) is 12.2 Å². The van der Waals surface area contributed by atoms with Gasteiger partial charge < -0.3 is 5.32 Å². The Hall–Kier alpha value is 0.250. The molecule has 0 unspecified atom stereocenters. The Morgan fingerprint density at radius 3 is 2.13 bits per heavy atom. The van der Waals surface area contributed by atoms with Crippen LogP contribution in [0.25, 0.3) is 0 Å². The van der Waals surface area contributed by atoms with Crippen molar-refractivity contribution in [3.63, 3.8) is 0 Å². The fourth-order valence-electron chi connectivity index (χ4n) is 1.94. The predicted molar refractivity (Wildman–Crippen MR) is 68.7 cm³/mol. The molecule has 1 saturated carbocycles. The lowest BCUT2D eigenvalue weighted by Crippen LogP contribution is -2.33. The molecule has 1 rings (SSSR count). The number of rotatable bonds is 10. The van der Waals surface area contributed by atoms with Crippen LogP contribution in [0.4, 0.5) is 0 Å². The quantitative estimate of drug-likeness (QED) is 0.441. The van der Waals surface area contributed by atoms with E-state index in [1.165, 1.54) is 64.3 Å². The lowest BCUT2D eigenvalue weighted by atomic mass is 10.1. The molecule has 90 valence electrons. The van der Waals surface area contributed by atoms with Crippen LogP contribution in [0.15, 0.2) is 0 Å². The average Bonchev–Trinajstić information content (AvgIpc) is 3.03. The summed E-state index contributed by atoms with van der Waals surface area (Å²) >= 11 is 5.89. The van der Waals surface area contributed by atoms with Crippen molar-refractivity contribution < 1.29 is 0 Å². The third-order valence-electron chi connectivity index (χ3n) is 3.39. The van der Waals surface area contributed by atoms with Crippen LogP contribution < -0.4 is 5.32 Å². The fraction of sp³-hybridized carbons (Fsp3) is 1.00. The van der Waals surface area contributed by atoms with Crippen molar-refractivity contribution in [2.45, 2.75) is 70.3 Å². The summed E-state index contributed by atoms with van der Waals surface area (Å²) in [7, 11) is 0. The minimum Gasteiger partial charge on any atom is -0.310 e. The van der Waals surface area contributed by atoms with Gasteiger partial charge in [0.15, 0.2) is 0 Å². The monoisotopic (exact) mass is 231 g/mol. The molecule has 1 aliphatic carbocycles. The second-order valence-corrected chi connectivity index (χ2v) is 5.23. The molecule has 15 heavy (non-hydrogen) atoms. The summed E-state index contributed by atoms with van der Waals surface area (Å²) in [5.74, 6) is 0.795. The first-order valence-corrected chi connectivity index (χ1v) is 7.17. The van der Waals surface area contributed by atoms with Crippen LogP contribution in [0.2, 0.25) is 0 Å². The maximum absolute atomic E-state index is 5.89. The second-order valence-electron chi connectivity index (χ2n) is 4.96. The number of hydrogen-bond acceptors (Lipinski definition) is 1. The molecule has 1 aliphatic rings. The van der Waals surface area contributed by atoms with Crippen molar-refractivity contribution in [1.29, 1.82) is 0 Å². The standard InChI is InChI=1S/C13H26ClN/c1-2-3-4-5-6-7-8-11-15-13(12-14)9-10-13/h15H,2-12H2,1H3. The summed E-state index contributed by atoms with van der Waals surface area (Å²) in [6.45, 7) is 3.44. The summed E-state index contributed by atoms with van der Waals surface area (Å²) in [6, 6.07) is 0. The van der Waals surface area contributed by atoms with Gasteiger partial charge >= 0.3 is 0 Å². The van der Waals surface area contributed by atoms with E-state index >= 15 is 0 Å². The molecule has 0 aliphatic heterocycles. The zero-order valence-electron chi connectivity index (χ0n) is 10.2. The minimum absolute atomic E-state index is 0.351. The zero-order valence-corrected chi connectivity index (χ0v) is 10.9. The van der Waals surface area contributed by atoms with Crippen molar-refractivity contribution in [3.05, 3.63) is 0 Å². The van der Waals surface area contributed by atoms with E-state index in [0.29, 0.717) is 5.54 Å². The summed E-state index contributed by atoms with van der Waals surface area (Å²) in [5, 5.41) is 3.59. The number of hydrogen-bond donors (Lipinski definition) is 1. The molecule has 0 heterocycles. The SMILES string of the molecule is CCCCCCCCCNC1(CCl)CC1. The first kappa shape index (κ1) is 13.3. The molecule has 1 nitrogen and oxygen atoms in total. The highest BCUT2D eigenvalue weighted by Gasteiger charge is 2.40. The van der Waals surface area contributed by atoms with E-state index in [4.69, 9.17) is 11.6 Å². The van der Waals surface area contributed by atoms with Crippen molar-refractivity contribution in [1.82, 2.24) is 5.32 Å². The van der Waals surface area contributed by atoms with Crippen molar-refractivity contribution >= 4 is 11.6 Å². The Balaban J connectivity index is 1.77. The van der Waals surface area contributed by atoms with Crippen LogP contribution in [0.5, 0.6) is 0 Å². The van der Waals surface area contributed by atoms with E-state index < -0.39 is 0 Å². The van der Waals surface area contributed by atoms with Gasteiger partial charge in [-0.1, -0.05) is 45.4 Å². The highest BCUT2D eigenvalue weighted by atomic mass is 35.5. The third kappa shape index (κ3) is 5.77. The zero-order chi connectivity index (χ0) is 11.0. The molecule has 0 atom stereocenters. The fourth-order valence-corrected chi connectivity index (χ4v) is 2.31. The Bertz CT molecular complexity index is 155. The van der Waals surface area contributed by atoms with Gasteiger partial charge in [-0.25, -0.2) is 0 Å². The molecule has 0 radical (unpaired) electrons. The van der Waals surface area contributed by atoms with Crippen LogP contribution in [-0.2, 0) is 0 Å². The Morgan fingerprint density at radius 2 is 1.60 bits per heavy atom. The highest BCUT2D eigenvalue weighted by Crippen LogP contribution is 2.36. The molecule has 1 fully saturated rings. The summed E-state index contributed by atoms with van der Waals surface area (Å²) in [5.41, 5.74) is 0.351. The first-order chi connectivity index (χ1) is 7.33. The van der Waals surface area contributed by atoms with Crippen LogP contribution in [0.3, 0.4) is 0 Å². The lowest BCUT2D eigenvalue weighted by molar-refractivity contribution is 0.506. The minimum atomic E-state index is 0.351. The number of halogens is 1. The molecular formula is C13H26ClN. The molecule has 0 aromatic rings. The van der Waals surface area contributed by atoms with Gasteiger partial charge in [0.05, 0.1) is 0 Å². The number of nitrogens with one attached hydrogen (secondary N) is 1. The van der Waals surface area contributed by atoms with Crippen molar-refractivity contribution in [2.75, 3.05) is 12.4 Å². The maximum Gasteiger partial charge on any atom is 0.0406 e. The van der Waals surface area contributed by atoms with E-state index in [1.54, 1.807) is 0 Å². The summed E-state index contributed by atoms with van der Waals surface area (Å²) in [4.78, 5) is 0. The topological polar surface area (TPSA) is 12.0 Å². The molecule has 0 spiro atoms. The van der Waals surface area contributed by atoms with E-state index in [-0.39, 0.29) is 0 Å². The average molecular weight is 232 g/mol. The lowest BCUT2D eigenvalue weighted by Gasteiger charge is -2.13. The van der Waals surface area contributed by atoms with E-state index in [1.807, 2.05) is 0 Å². The van der Waals surface area contributed by atoms with E-state index in [0.717, 1.165) is 5.88 Å².